The van der Waals surface area contributed by atoms with Crippen LogP contribution >= 0.6 is 0 Å². The standard InChI is InChI=1S/C14H26/c1-6-11(4)8-13(7-10(2)3)14-9-12(14)5/h11-14H,2,6-9H2,1,3-5H3. The summed E-state index contributed by atoms with van der Waals surface area (Å²) >= 11 is 0. The molecule has 4 unspecified atom stereocenters. The maximum Gasteiger partial charge on any atom is -0.0294 e. The van der Waals surface area contributed by atoms with E-state index in [4.69, 9.17) is 0 Å². The Kier molecular flexibility index (Phi) is 4.22. The van der Waals surface area contributed by atoms with Crippen molar-refractivity contribution in [1.29, 1.82) is 0 Å². The summed E-state index contributed by atoms with van der Waals surface area (Å²) in [6.45, 7) is 13.3. The van der Waals surface area contributed by atoms with Gasteiger partial charge in [0.15, 0.2) is 0 Å². The quantitative estimate of drug-likeness (QED) is 0.539. The first-order valence-electron chi connectivity index (χ1n) is 6.19. The Bertz CT molecular complexity index is 192. The van der Waals surface area contributed by atoms with Crippen LogP contribution in [0.1, 0.15) is 53.4 Å². The normalized spacial score (nSPS) is 29.7. The van der Waals surface area contributed by atoms with E-state index in [-0.39, 0.29) is 0 Å². The minimum Gasteiger partial charge on any atom is -0.100 e. The van der Waals surface area contributed by atoms with Gasteiger partial charge in [-0.1, -0.05) is 32.8 Å². The second-order valence-corrected chi connectivity index (χ2v) is 5.55. The Morgan fingerprint density at radius 2 is 2.07 bits per heavy atom. The smallest absolute Gasteiger partial charge is 0.0294 e. The SMILES string of the molecule is C=C(C)CC(CC(C)CC)C1CC1C. The van der Waals surface area contributed by atoms with E-state index in [2.05, 4.69) is 34.3 Å². The average Bonchev–Trinajstić information content (AvgIpc) is 2.80. The molecule has 1 fully saturated rings. The molecule has 0 aromatic rings. The van der Waals surface area contributed by atoms with Crippen LogP contribution in [0.5, 0.6) is 0 Å². The summed E-state index contributed by atoms with van der Waals surface area (Å²) in [5, 5.41) is 0. The van der Waals surface area contributed by atoms with Crippen LogP contribution in [0.25, 0.3) is 0 Å². The van der Waals surface area contributed by atoms with E-state index in [0.717, 1.165) is 23.7 Å². The lowest BCUT2D eigenvalue weighted by Gasteiger charge is -2.20. The van der Waals surface area contributed by atoms with E-state index in [9.17, 15) is 0 Å². The van der Waals surface area contributed by atoms with Crippen molar-refractivity contribution in [3.05, 3.63) is 12.2 Å². The Labute approximate surface area is 89.8 Å². The van der Waals surface area contributed by atoms with Gasteiger partial charge in [0, 0.05) is 0 Å². The molecule has 1 aliphatic carbocycles. The third kappa shape index (κ3) is 3.48. The summed E-state index contributed by atoms with van der Waals surface area (Å²) in [4.78, 5) is 0. The van der Waals surface area contributed by atoms with Crippen LogP contribution in [0.4, 0.5) is 0 Å². The second kappa shape index (κ2) is 5.00. The van der Waals surface area contributed by atoms with Crippen LogP contribution in [0, 0.1) is 23.7 Å². The fraction of sp³-hybridized carbons (Fsp3) is 0.857. The lowest BCUT2D eigenvalue weighted by Crippen LogP contribution is -2.09. The van der Waals surface area contributed by atoms with Crippen molar-refractivity contribution >= 4 is 0 Å². The van der Waals surface area contributed by atoms with Crippen molar-refractivity contribution in [2.24, 2.45) is 23.7 Å². The van der Waals surface area contributed by atoms with Crippen molar-refractivity contribution in [3.8, 4) is 0 Å². The maximum absolute atomic E-state index is 4.06. The largest absolute Gasteiger partial charge is 0.100 e. The summed E-state index contributed by atoms with van der Waals surface area (Å²) in [7, 11) is 0. The van der Waals surface area contributed by atoms with E-state index in [1.807, 2.05) is 0 Å². The summed E-state index contributed by atoms with van der Waals surface area (Å²) < 4.78 is 0. The first kappa shape index (κ1) is 11.8. The third-order valence-corrected chi connectivity index (χ3v) is 3.79. The van der Waals surface area contributed by atoms with Gasteiger partial charge in [-0.05, 0) is 49.9 Å². The first-order valence-corrected chi connectivity index (χ1v) is 6.19. The predicted molar refractivity (Wildman–Crippen MR) is 64.3 cm³/mol. The molecule has 0 nitrogen and oxygen atoms in total. The predicted octanol–water partition coefficient (Wildman–Crippen LogP) is 4.66. The molecule has 0 amide bonds. The van der Waals surface area contributed by atoms with E-state index in [0.29, 0.717) is 0 Å². The van der Waals surface area contributed by atoms with E-state index in [1.54, 1.807) is 0 Å². The molecule has 1 saturated carbocycles. The molecular formula is C14H26. The summed E-state index contributed by atoms with van der Waals surface area (Å²) in [6, 6.07) is 0. The van der Waals surface area contributed by atoms with Crippen molar-refractivity contribution in [1.82, 2.24) is 0 Å². The highest BCUT2D eigenvalue weighted by Crippen LogP contribution is 2.48. The molecule has 1 aliphatic rings. The topological polar surface area (TPSA) is 0 Å². The zero-order valence-corrected chi connectivity index (χ0v) is 10.3. The Balaban J connectivity index is 2.41. The van der Waals surface area contributed by atoms with E-state index in [1.165, 1.54) is 31.3 Å². The Morgan fingerprint density at radius 1 is 1.50 bits per heavy atom. The zero-order chi connectivity index (χ0) is 10.7. The lowest BCUT2D eigenvalue weighted by molar-refractivity contribution is 0.335. The van der Waals surface area contributed by atoms with Gasteiger partial charge in [0.1, 0.15) is 0 Å². The van der Waals surface area contributed by atoms with Crippen LogP contribution in [0.15, 0.2) is 12.2 Å². The molecule has 0 spiro atoms. The molecule has 0 saturated heterocycles. The van der Waals surface area contributed by atoms with Crippen LogP contribution < -0.4 is 0 Å². The van der Waals surface area contributed by atoms with Crippen LogP contribution in [-0.4, -0.2) is 0 Å². The van der Waals surface area contributed by atoms with Crippen molar-refractivity contribution in [3.63, 3.8) is 0 Å². The molecule has 0 bridgehead atoms. The third-order valence-electron chi connectivity index (χ3n) is 3.79. The molecule has 0 radical (unpaired) electrons. The molecule has 0 aliphatic heterocycles. The summed E-state index contributed by atoms with van der Waals surface area (Å²) in [5.41, 5.74) is 1.37. The van der Waals surface area contributed by atoms with Gasteiger partial charge in [0.2, 0.25) is 0 Å². The molecular weight excluding hydrogens is 168 g/mol. The van der Waals surface area contributed by atoms with Gasteiger partial charge in [0.05, 0.1) is 0 Å². The van der Waals surface area contributed by atoms with Gasteiger partial charge < -0.3 is 0 Å². The molecule has 0 aromatic carbocycles. The Morgan fingerprint density at radius 3 is 2.43 bits per heavy atom. The first-order chi connectivity index (χ1) is 6.54. The fourth-order valence-electron chi connectivity index (χ4n) is 2.55. The molecule has 82 valence electrons. The van der Waals surface area contributed by atoms with E-state index < -0.39 is 0 Å². The van der Waals surface area contributed by atoms with Crippen molar-refractivity contribution in [2.75, 3.05) is 0 Å². The summed E-state index contributed by atoms with van der Waals surface area (Å²) in [6.07, 6.45) is 5.47. The van der Waals surface area contributed by atoms with Gasteiger partial charge in [-0.2, -0.15) is 0 Å². The monoisotopic (exact) mass is 194 g/mol. The van der Waals surface area contributed by atoms with Crippen LogP contribution in [0.2, 0.25) is 0 Å². The zero-order valence-electron chi connectivity index (χ0n) is 10.3. The fourth-order valence-corrected chi connectivity index (χ4v) is 2.55. The highest BCUT2D eigenvalue weighted by molar-refractivity contribution is 4.97. The second-order valence-electron chi connectivity index (χ2n) is 5.55. The van der Waals surface area contributed by atoms with E-state index >= 15 is 0 Å². The molecule has 0 heterocycles. The Hall–Kier alpha value is -0.260. The highest BCUT2D eigenvalue weighted by atomic mass is 14.4. The number of hydrogen-bond donors (Lipinski definition) is 0. The minimum absolute atomic E-state index is 0.896. The van der Waals surface area contributed by atoms with Gasteiger partial charge in [-0.15, -0.1) is 6.58 Å². The molecule has 4 atom stereocenters. The molecule has 1 rings (SSSR count). The van der Waals surface area contributed by atoms with Gasteiger partial charge in [-0.3, -0.25) is 0 Å². The number of allylic oxidation sites excluding steroid dienone is 1. The molecule has 0 aromatic heterocycles. The number of hydrogen-bond acceptors (Lipinski definition) is 0. The van der Waals surface area contributed by atoms with Crippen molar-refractivity contribution in [2.45, 2.75) is 53.4 Å². The molecule has 0 heteroatoms. The van der Waals surface area contributed by atoms with Crippen LogP contribution in [-0.2, 0) is 0 Å². The van der Waals surface area contributed by atoms with Crippen LogP contribution in [0.3, 0.4) is 0 Å². The molecule has 14 heavy (non-hydrogen) atoms. The maximum atomic E-state index is 4.06. The number of rotatable bonds is 6. The lowest BCUT2D eigenvalue weighted by atomic mass is 9.85. The molecule has 0 N–H and O–H groups in total. The van der Waals surface area contributed by atoms with Gasteiger partial charge in [0.25, 0.3) is 0 Å². The summed E-state index contributed by atoms with van der Waals surface area (Å²) in [5.74, 6) is 3.83. The minimum atomic E-state index is 0.896. The van der Waals surface area contributed by atoms with Crippen molar-refractivity contribution < 1.29 is 0 Å². The van der Waals surface area contributed by atoms with Gasteiger partial charge in [-0.25, -0.2) is 0 Å². The highest BCUT2D eigenvalue weighted by Gasteiger charge is 2.39. The van der Waals surface area contributed by atoms with Gasteiger partial charge >= 0.3 is 0 Å². The average molecular weight is 194 g/mol.